The number of hydrogen-bond donors (Lipinski definition) is 0. The van der Waals surface area contributed by atoms with E-state index >= 15 is 0 Å². The standard InChI is InChI=1S/C24H23ClN2O4S/c1-26(31-2)24(28)17-12-19-8-6-7-9-20(19)18-27(22-10-4-3-5-11-22)32(29,30)23-15-13-21(25)14-16-23/h3-17H,18H2,1-2H3/b17-12+. The number of carbonyl (C=O) groups excluding carboxylic acids is 1. The maximum Gasteiger partial charge on any atom is 0.269 e. The molecule has 32 heavy (non-hydrogen) atoms. The van der Waals surface area contributed by atoms with Crippen molar-refractivity contribution < 1.29 is 18.0 Å². The summed E-state index contributed by atoms with van der Waals surface area (Å²) in [5.74, 6) is -0.337. The highest BCUT2D eigenvalue weighted by molar-refractivity contribution is 7.92. The Morgan fingerprint density at radius 2 is 1.59 bits per heavy atom. The molecule has 0 bridgehead atoms. The van der Waals surface area contributed by atoms with Crippen molar-refractivity contribution in [3.05, 3.63) is 101 Å². The number of anilines is 1. The highest BCUT2D eigenvalue weighted by Crippen LogP contribution is 2.27. The van der Waals surface area contributed by atoms with Crippen LogP contribution in [0.15, 0.2) is 89.8 Å². The van der Waals surface area contributed by atoms with Crippen molar-refractivity contribution in [3.8, 4) is 0 Å². The summed E-state index contributed by atoms with van der Waals surface area (Å²) >= 11 is 5.95. The van der Waals surface area contributed by atoms with Crippen LogP contribution in [0.25, 0.3) is 6.08 Å². The zero-order valence-electron chi connectivity index (χ0n) is 17.7. The molecular formula is C24H23ClN2O4S. The van der Waals surface area contributed by atoms with Crippen LogP contribution >= 0.6 is 11.6 Å². The molecule has 3 aromatic rings. The van der Waals surface area contributed by atoms with E-state index in [1.165, 1.54) is 36.7 Å². The van der Waals surface area contributed by atoms with Crippen molar-refractivity contribution in [3.63, 3.8) is 0 Å². The minimum absolute atomic E-state index is 0.0732. The average molecular weight is 471 g/mol. The molecule has 1 amide bonds. The molecule has 3 rings (SSSR count). The second-order valence-corrected chi connectivity index (χ2v) is 9.15. The first-order valence-corrected chi connectivity index (χ1v) is 11.6. The van der Waals surface area contributed by atoms with Gasteiger partial charge in [0.25, 0.3) is 15.9 Å². The zero-order valence-corrected chi connectivity index (χ0v) is 19.3. The fourth-order valence-electron chi connectivity index (χ4n) is 2.99. The summed E-state index contributed by atoms with van der Waals surface area (Å²) in [6.07, 6.45) is 3.02. The van der Waals surface area contributed by atoms with E-state index in [1.54, 1.807) is 42.5 Å². The SMILES string of the molecule is CON(C)C(=O)/C=C/c1ccccc1CN(c1ccccc1)S(=O)(=O)c1ccc(Cl)cc1. The lowest BCUT2D eigenvalue weighted by atomic mass is 10.1. The molecule has 0 saturated heterocycles. The molecule has 166 valence electrons. The van der Waals surface area contributed by atoms with Gasteiger partial charge in [-0.1, -0.05) is 54.1 Å². The van der Waals surface area contributed by atoms with E-state index in [9.17, 15) is 13.2 Å². The molecule has 0 spiro atoms. The van der Waals surface area contributed by atoms with Crippen LogP contribution in [0.3, 0.4) is 0 Å². The van der Waals surface area contributed by atoms with Crippen molar-refractivity contribution in [2.45, 2.75) is 11.4 Å². The van der Waals surface area contributed by atoms with Crippen molar-refractivity contribution in [1.29, 1.82) is 0 Å². The summed E-state index contributed by atoms with van der Waals surface area (Å²) in [5.41, 5.74) is 1.98. The van der Waals surface area contributed by atoms with Gasteiger partial charge in [0.15, 0.2) is 0 Å². The zero-order chi connectivity index (χ0) is 23.1. The van der Waals surface area contributed by atoms with Crippen LogP contribution in [0.2, 0.25) is 5.02 Å². The van der Waals surface area contributed by atoms with E-state index in [4.69, 9.17) is 16.4 Å². The Bertz CT molecular complexity index is 1200. The molecular weight excluding hydrogens is 448 g/mol. The molecule has 0 aliphatic carbocycles. The number of nitrogens with zero attached hydrogens (tertiary/aromatic N) is 2. The van der Waals surface area contributed by atoms with Gasteiger partial charge in [-0.15, -0.1) is 0 Å². The van der Waals surface area contributed by atoms with Gasteiger partial charge >= 0.3 is 0 Å². The summed E-state index contributed by atoms with van der Waals surface area (Å²) in [4.78, 5) is 17.1. The van der Waals surface area contributed by atoms with Gasteiger partial charge in [-0.3, -0.25) is 13.9 Å². The smallest absolute Gasteiger partial charge is 0.269 e. The number of rotatable bonds is 8. The van der Waals surface area contributed by atoms with E-state index < -0.39 is 10.0 Å². The van der Waals surface area contributed by atoms with Gasteiger partial charge in [-0.25, -0.2) is 13.5 Å². The molecule has 0 atom stereocenters. The molecule has 0 aliphatic rings. The molecule has 0 radical (unpaired) electrons. The van der Waals surface area contributed by atoms with Crippen LogP contribution in [-0.4, -0.2) is 33.5 Å². The van der Waals surface area contributed by atoms with Crippen molar-refractivity contribution in [1.82, 2.24) is 5.06 Å². The van der Waals surface area contributed by atoms with Crippen molar-refractivity contribution in [2.24, 2.45) is 0 Å². The monoisotopic (exact) mass is 470 g/mol. The lowest BCUT2D eigenvalue weighted by Gasteiger charge is -2.25. The number of para-hydroxylation sites is 1. The minimum Gasteiger partial charge on any atom is -0.274 e. The number of hydrogen-bond acceptors (Lipinski definition) is 4. The third kappa shape index (κ3) is 5.56. The predicted molar refractivity (Wildman–Crippen MR) is 127 cm³/mol. The molecule has 6 nitrogen and oxygen atoms in total. The summed E-state index contributed by atoms with van der Waals surface area (Å²) in [7, 11) is -0.969. The highest BCUT2D eigenvalue weighted by atomic mass is 35.5. The summed E-state index contributed by atoms with van der Waals surface area (Å²) in [6, 6.07) is 22.2. The van der Waals surface area contributed by atoms with Crippen LogP contribution in [0.4, 0.5) is 5.69 Å². The van der Waals surface area contributed by atoms with Gasteiger partial charge in [0.05, 0.1) is 24.2 Å². The van der Waals surface area contributed by atoms with Crippen molar-refractivity contribution in [2.75, 3.05) is 18.5 Å². The van der Waals surface area contributed by atoms with Gasteiger partial charge in [0.1, 0.15) is 0 Å². The maximum absolute atomic E-state index is 13.5. The number of benzene rings is 3. The van der Waals surface area contributed by atoms with Gasteiger partial charge in [-0.2, -0.15) is 0 Å². The highest BCUT2D eigenvalue weighted by Gasteiger charge is 2.25. The first kappa shape index (κ1) is 23.5. The number of halogens is 1. The first-order valence-electron chi connectivity index (χ1n) is 9.74. The third-order valence-corrected chi connectivity index (χ3v) is 6.84. The molecule has 0 aromatic heterocycles. The van der Waals surface area contributed by atoms with E-state index in [1.807, 2.05) is 30.3 Å². The van der Waals surface area contributed by atoms with Crippen LogP contribution in [-0.2, 0) is 26.2 Å². The molecule has 0 unspecified atom stereocenters. The van der Waals surface area contributed by atoms with E-state index in [0.29, 0.717) is 10.7 Å². The Labute approximate surface area is 193 Å². The van der Waals surface area contributed by atoms with Crippen LogP contribution in [0.1, 0.15) is 11.1 Å². The molecule has 3 aromatic carbocycles. The second-order valence-electron chi connectivity index (χ2n) is 6.85. The Morgan fingerprint density at radius 3 is 2.25 bits per heavy atom. The van der Waals surface area contributed by atoms with Crippen molar-refractivity contribution >= 4 is 39.3 Å². The van der Waals surface area contributed by atoms with E-state index in [0.717, 1.165) is 16.2 Å². The van der Waals surface area contributed by atoms with Crippen LogP contribution in [0, 0.1) is 0 Å². The van der Waals surface area contributed by atoms with Gasteiger partial charge in [0, 0.05) is 18.1 Å². The quantitative estimate of drug-likeness (QED) is 0.351. The topological polar surface area (TPSA) is 66.9 Å². The Balaban J connectivity index is 2.01. The fraction of sp³-hybridized carbons (Fsp3) is 0.125. The Hall–Kier alpha value is -3.13. The largest absolute Gasteiger partial charge is 0.274 e. The predicted octanol–water partition coefficient (Wildman–Crippen LogP) is 4.77. The molecule has 0 aliphatic heterocycles. The first-order chi connectivity index (χ1) is 15.3. The number of hydroxylamine groups is 2. The van der Waals surface area contributed by atoms with Gasteiger partial charge < -0.3 is 0 Å². The number of likely N-dealkylation sites (N-methyl/N-ethyl adjacent to an activating group) is 1. The Morgan fingerprint density at radius 1 is 0.969 bits per heavy atom. The van der Waals surface area contributed by atoms with Gasteiger partial charge in [0.2, 0.25) is 0 Å². The van der Waals surface area contributed by atoms with Crippen LogP contribution < -0.4 is 4.31 Å². The van der Waals surface area contributed by atoms with Crippen LogP contribution in [0.5, 0.6) is 0 Å². The lowest BCUT2D eigenvalue weighted by Crippen LogP contribution is -2.30. The molecule has 0 fully saturated rings. The molecule has 0 heterocycles. The maximum atomic E-state index is 13.5. The van der Waals surface area contributed by atoms with E-state index in [2.05, 4.69) is 0 Å². The lowest BCUT2D eigenvalue weighted by molar-refractivity contribution is -0.162. The van der Waals surface area contributed by atoms with Gasteiger partial charge in [-0.05, 0) is 53.6 Å². The summed E-state index contributed by atoms with van der Waals surface area (Å²) in [6.45, 7) is 0.0732. The molecule has 0 N–H and O–H groups in total. The van der Waals surface area contributed by atoms with E-state index in [-0.39, 0.29) is 17.3 Å². The summed E-state index contributed by atoms with van der Waals surface area (Å²) < 4.78 is 28.4. The normalized spacial score (nSPS) is 11.5. The third-order valence-electron chi connectivity index (χ3n) is 4.80. The minimum atomic E-state index is -3.88. The fourth-order valence-corrected chi connectivity index (χ4v) is 4.56. The molecule has 0 saturated carbocycles. The number of carbonyl (C=O) groups is 1. The number of amides is 1. The average Bonchev–Trinajstić information content (AvgIpc) is 2.81. The Kier molecular flexibility index (Phi) is 7.69. The molecule has 8 heteroatoms. The second kappa shape index (κ2) is 10.5. The number of sulfonamides is 1. The summed E-state index contributed by atoms with van der Waals surface area (Å²) in [5, 5.41) is 1.55.